The minimum absolute atomic E-state index is 0.0588. The molecule has 0 aliphatic carbocycles. The number of imide groups is 1. The van der Waals surface area contributed by atoms with Crippen LogP contribution in [0.3, 0.4) is 0 Å². The highest BCUT2D eigenvalue weighted by atomic mass is 35.5. The van der Waals surface area contributed by atoms with Crippen LogP contribution in [0.1, 0.15) is 46.5 Å². The second-order valence-electron chi connectivity index (χ2n) is 7.01. The summed E-state index contributed by atoms with van der Waals surface area (Å²) in [5.74, 6) is -1.38. The van der Waals surface area contributed by atoms with Crippen LogP contribution in [0.25, 0.3) is 0 Å². The summed E-state index contributed by atoms with van der Waals surface area (Å²) in [5, 5.41) is 11.7. The zero-order chi connectivity index (χ0) is 20.4. The minimum Gasteiger partial charge on any atom is -0.363 e. The Bertz CT molecular complexity index is 952. The Morgan fingerprint density at radius 3 is 2.39 bits per heavy atom. The van der Waals surface area contributed by atoms with E-state index in [0.717, 1.165) is 11.0 Å². The lowest BCUT2D eigenvalue weighted by molar-refractivity contribution is 0.0644. The van der Waals surface area contributed by atoms with Gasteiger partial charge >= 0.3 is 0 Å². The van der Waals surface area contributed by atoms with Crippen LogP contribution in [0.4, 0.5) is 10.2 Å². The van der Waals surface area contributed by atoms with E-state index in [0.29, 0.717) is 17.5 Å². The molecule has 28 heavy (non-hydrogen) atoms. The van der Waals surface area contributed by atoms with Crippen molar-refractivity contribution in [1.82, 2.24) is 9.88 Å². The highest BCUT2D eigenvalue weighted by Gasteiger charge is 2.36. The minimum atomic E-state index is -0.725. The normalized spacial score (nSPS) is 14.2. The average Bonchev–Trinajstić information content (AvgIpc) is 2.89. The summed E-state index contributed by atoms with van der Waals surface area (Å²) in [4.78, 5) is 30.3. The van der Waals surface area contributed by atoms with Gasteiger partial charge in [-0.3, -0.25) is 14.5 Å². The van der Waals surface area contributed by atoms with Crippen molar-refractivity contribution < 1.29 is 14.0 Å². The van der Waals surface area contributed by atoms with Crippen molar-refractivity contribution in [2.45, 2.75) is 26.3 Å². The van der Waals surface area contributed by atoms with Gasteiger partial charge in [-0.1, -0.05) is 37.6 Å². The van der Waals surface area contributed by atoms with Crippen molar-refractivity contribution in [3.63, 3.8) is 0 Å². The number of carbonyl (C=O) groups excluding carboxylic acids is 2. The van der Waals surface area contributed by atoms with Crippen LogP contribution in [0.15, 0.2) is 30.3 Å². The van der Waals surface area contributed by atoms with E-state index in [1.54, 1.807) is 30.3 Å². The number of aromatic nitrogens is 1. The number of nitriles is 1. The number of halogens is 2. The second-order valence-corrected chi connectivity index (χ2v) is 7.36. The van der Waals surface area contributed by atoms with Gasteiger partial charge in [-0.2, -0.15) is 5.26 Å². The molecule has 0 saturated heterocycles. The number of benzene rings is 1. The molecule has 2 amide bonds. The third-order valence-corrected chi connectivity index (χ3v) is 4.72. The summed E-state index contributed by atoms with van der Waals surface area (Å²) in [7, 11) is 0. The summed E-state index contributed by atoms with van der Waals surface area (Å²) >= 11 is 5.91. The van der Waals surface area contributed by atoms with Crippen molar-refractivity contribution >= 4 is 29.2 Å². The molecule has 8 heteroatoms. The lowest BCUT2D eigenvalue weighted by Crippen LogP contribution is -2.41. The van der Waals surface area contributed by atoms with E-state index in [2.05, 4.69) is 10.3 Å². The van der Waals surface area contributed by atoms with Crippen molar-refractivity contribution in [3.8, 4) is 6.07 Å². The number of hydrogen-bond donors (Lipinski definition) is 1. The van der Waals surface area contributed by atoms with Gasteiger partial charge in [-0.15, -0.1) is 0 Å². The molecule has 1 atom stereocenters. The third kappa shape index (κ3) is 3.82. The quantitative estimate of drug-likeness (QED) is 0.587. The van der Waals surface area contributed by atoms with Crippen molar-refractivity contribution in [2.24, 2.45) is 5.92 Å². The first-order chi connectivity index (χ1) is 13.3. The van der Waals surface area contributed by atoms with Gasteiger partial charge in [0.2, 0.25) is 0 Å². The molecule has 0 bridgehead atoms. The van der Waals surface area contributed by atoms with E-state index in [-0.39, 0.29) is 40.8 Å². The monoisotopic (exact) mass is 400 g/mol. The predicted octanol–water partition coefficient (Wildman–Crippen LogP) is 3.87. The van der Waals surface area contributed by atoms with Gasteiger partial charge in [0.25, 0.3) is 11.8 Å². The maximum Gasteiger partial charge on any atom is 0.261 e. The number of fused-ring (bicyclic) bond motifs is 1. The van der Waals surface area contributed by atoms with Crippen LogP contribution in [0, 0.1) is 23.1 Å². The number of amides is 2. The molecule has 3 rings (SSSR count). The van der Waals surface area contributed by atoms with E-state index in [1.165, 1.54) is 0 Å². The maximum absolute atomic E-state index is 14.3. The van der Waals surface area contributed by atoms with Crippen LogP contribution in [-0.4, -0.2) is 34.3 Å². The van der Waals surface area contributed by atoms with E-state index in [9.17, 15) is 14.0 Å². The molecule has 6 nitrogen and oxygen atoms in total. The summed E-state index contributed by atoms with van der Waals surface area (Å²) in [6, 6.07) is 8.97. The first-order valence-electron chi connectivity index (χ1n) is 8.79. The van der Waals surface area contributed by atoms with Crippen molar-refractivity contribution in [1.29, 1.82) is 5.26 Å². The van der Waals surface area contributed by atoms with Crippen molar-refractivity contribution in [3.05, 3.63) is 58.0 Å². The Kier molecular flexibility index (Phi) is 5.61. The number of anilines is 1. The van der Waals surface area contributed by atoms with E-state index >= 15 is 0 Å². The average molecular weight is 401 g/mol. The Hall–Kier alpha value is -2.98. The topological polar surface area (TPSA) is 86.1 Å². The third-order valence-electron chi connectivity index (χ3n) is 4.43. The molecule has 0 fully saturated rings. The van der Waals surface area contributed by atoms with Crippen LogP contribution in [0.2, 0.25) is 5.15 Å². The summed E-state index contributed by atoms with van der Waals surface area (Å²) in [5.41, 5.74) is 0.661. The van der Waals surface area contributed by atoms with Crippen LogP contribution in [0.5, 0.6) is 0 Å². The number of nitrogens with one attached hydrogen (secondary N) is 1. The summed E-state index contributed by atoms with van der Waals surface area (Å²) in [6.07, 6.45) is 0.562. The van der Waals surface area contributed by atoms with Crippen LogP contribution < -0.4 is 5.32 Å². The lowest BCUT2D eigenvalue weighted by atomic mass is 10.0. The van der Waals surface area contributed by atoms with Gasteiger partial charge in [0.05, 0.1) is 16.7 Å². The largest absolute Gasteiger partial charge is 0.363 e. The van der Waals surface area contributed by atoms with Crippen LogP contribution >= 0.6 is 11.6 Å². The Balaban J connectivity index is 1.85. The fourth-order valence-electron chi connectivity index (χ4n) is 3.21. The summed E-state index contributed by atoms with van der Waals surface area (Å²) < 4.78 is 14.3. The molecule has 1 aliphatic heterocycles. The van der Waals surface area contributed by atoms with Gasteiger partial charge in [0, 0.05) is 12.6 Å². The number of pyridine rings is 1. The Morgan fingerprint density at radius 2 is 1.86 bits per heavy atom. The summed E-state index contributed by atoms with van der Waals surface area (Å²) in [6.45, 7) is 4.02. The first-order valence-corrected chi connectivity index (χ1v) is 9.17. The molecule has 1 aromatic carbocycles. The maximum atomic E-state index is 14.3. The molecule has 0 saturated carbocycles. The fourth-order valence-corrected chi connectivity index (χ4v) is 3.39. The Labute approximate surface area is 166 Å². The molecule has 2 heterocycles. The lowest BCUT2D eigenvalue weighted by Gasteiger charge is -2.25. The highest BCUT2D eigenvalue weighted by Crippen LogP contribution is 2.25. The molecule has 1 aromatic heterocycles. The molecule has 144 valence electrons. The van der Waals surface area contributed by atoms with E-state index in [4.69, 9.17) is 16.9 Å². The van der Waals surface area contributed by atoms with Crippen LogP contribution in [-0.2, 0) is 0 Å². The Morgan fingerprint density at radius 1 is 1.25 bits per heavy atom. The molecular formula is C20H18ClFN4O2. The molecule has 0 spiro atoms. The molecular weight excluding hydrogens is 383 g/mol. The van der Waals surface area contributed by atoms with Gasteiger partial charge in [0.15, 0.2) is 11.6 Å². The van der Waals surface area contributed by atoms with Gasteiger partial charge in [0.1, 0.15) is 11.2 Å². The molecule has 0 radical (unpaired) electrons. The second kappa shape index (κ2) is 7.95. The number of carbonyl (C=O) groups is 2. The molecule has 1 aliphatic rings. The van der Waals surface area contributed by atoms with Gasteiger partial charge < -0.3 is 5.32 Å². The van der Waals surface area contributed by atoms with E-state index < -0.39 is 11.9 Å². The highest BCUT2D eigenvalue weighted by molar-refractivity contribution is 6.30. The molecule has 1 N–H and O–H groups in total. The van der Waals surface area contributed by atoms with E-state index in [1.807, 2.05) is 13.8 Å². The molecule has 0 unspecified atom stereocenters. The van der Waals surface area contributed by atoms with Gasteiger partial charge in [-0.25, -0.2) is 9.37 Å². The number of hydrogen-bond acceptors (Lipinski definition) is 5. The first kappa shape index (κ1) is 19.8. The zero-order valence-corrected chi connectivity index (χ0v) is 16.1. The SMILES string of the molecule is CC(C)C[C@H](CN1C(=O)c2ccccc2C1=O)Nc1nc(Cl)c(C#N)cc1F. The predicted molar refractivity (Wildman–Crippen MR) is 103 cm³/mol. The number of nitrogens with zero attached hydrogens (tertiary/aromatic N) is 3. The van der Waals surface area contributed by atoms with Gasteiger partial charge in [-0.05, 0) is 30.5 Å². The zero-order valence-electron chi connectivity index (χ0n) is 15.4. The standard InChI is InChI=1S/C20H18ClFN4O2/c1-11(2)7-13(24-18-16(22)8-12(9-23)17(21)25-18)10-26-19(27)14-5-3-4-6-15(14)20(26)28/h3-6,8,11,13H,7,10H2,1-2H3,(H,24,25)/t13-/m1/s1. The molecule has 2 aromatic rings. The number of rotatable bonds is 6. The fraction of sp³-hybridized carbons (Fsp3) is 0.300. The smallest absolute Gasteiger partial charge is 0.261 e. The van der Waals surface area contributed by atoms with Crippen molar-refractivity contribution in [2.75, 3.05) is 11.9 Å².